The second kappa shape index (κ2) is 12.0. The molecule has 2 atom stereocenters. The fourth-order valence-electron chi connectivity index (χ4n) is 4.67. The lowest BCUT2D eigenvalue weighted by Gasteiger charge is -2.18. The van der Waals surface area contributed by atoms with E-state index in [4.69, 9.17) is 9.90 Å². The van der Waals surface area contributed by atoms with Gasteiger partial charge < -0.3 is 10.1 Å². The van der Waals surface area contributed by atoms with Gasteiger partial charge in [0.1, 0.15) is 16.0 Å². The van der Waals surface area contributed by atoms with Crippen LogP contribution in [0.3, 0.4) is 0 Å². The number of carboxylic acids is 1. The van der Waals surface area contributed by atoms with Crippen molar-refractivity contribution in [2.24, 2.45) is 7.05 Å². The lowest BCUT2D eigenvalue weighted by molar-refractivity contribution is -0.192. The Morgan fingerprint density at radius 3 is 2.27 bits per heavy atom. The number of para-hydroxylation sites is 2. The van der Waals surface area contributed by atoms with Crippen molar-refractivity contribution in [3.05, 3.63) is 76.9 Å². The van der Waals surface area contributed by atoms with E-state index in [-0.39, 0.29) is 17.7 Å². The quantitative estimate of drug-likeness (QED) is 0.231. The van der Waals surface area contributed by atoms with Gasteiger partial charge in [-0.05, 0) is 43.5 Å². The molecule has 4 aromatic rings. The van der Waals surface area contributed by atoms with Crippen LogP contribution in [-0.2, 0) is 43.1 Å². The number of halogens is 3. The van der Waals surface area contributed by atoms with Crippen LogP contribution in [0, 0.1) is 13.8 Å². The van der Waals surface area contributed by atoms with Gasteiger partial charge in [-0.15, -0.1) is 0 Å². The van der Waals surface area contributed by atoms with Crippen LogP contribution in [0.1, 0.15) is 46.1 Å². The number of imidazole rings is 1. The molecule has 0 bridgehead atoms. The Morgan fingerprint density at radius 1 is 1.16 bits per heavy atom. The van der Waals surface area contributed by atoms with Crippen molar-refractivity contribution >= 4 is 43.0 Å². The maximum absolute atomic E-state index is 13.5. The normalized spacial score (nSPS) is 17.1. The Kier molecular flexibility index (Phi) is 8.90. The van der Waals surface area contributed by atoms with E-state index in [0.717, 1.165) is 11.1 Å². The molecule has 4 N–H and O–H groups in total. The number of aromatic nitrogens is 4. The summed E-state index contributed by atoms with van der Waals surface area (Å²) in [5.41, 5.74) is 3.62. The van der Waals surface area contributed by atoms with Crippen LogP contribution in [-0.4, -0.2) is 59.7 Å². The predicted octanol–water partition coefficient (Wildman–Crippen LogP) is 2.70. The Balaban J connectivity index is 0.000000566. The number of rotatable bonds is 7. The number of carbonyl (C=O) groups is 2. The molecule has 1 unspecified atom stereocenters. The Morgan fingerprint density at radius 2 is 1.77 bits per heavy atom. The van der Waals surface area contributed by atoms with Gasteiger partial charge >= 0.3 is 12.1 Å². The number of fused-ring (bicyclic) bond motifs is 1. The molecule has 2 aromatic carbocycles. The lowest BCUT2D eigenvalue weighted by atomic mass is 10.0. The third-order valence-electron chi connectivity index (χ3n) is 6.78. The summed E-state index contributed by atoms with van der Waals surface area (Å²) in [5, 5.41) is 10.4. The molecule has 0 saturated carbocycles. The molecular formula is C26H27F3N6O7S2. The number of alkyl halides is 3. The predicted molar refractivity (Wildman–Crippen MR) is 150 cm³/mol. The van der Waals surface area contributed by atoms with Crippen molar-refractivity contribution in [1.82, 2.24) is 29.2 Å². The fourth-order valence-corrected chi connectivity index (χ4v) is 7.74. The number of hydrogen-bond acceptors (Lipinski definition) is 8. The zero-order valence-electron chi connectivity index (χ0n) is 23.4. The summed E-state index contributed by atoms with van der Waals surface area (Å²) in [6, 6.07) is 13.4. The number of aryl methyl sites for hydroxylation is 2. The van der Waals surface area contributed by atoms with Crippen molar-refractivity contribution < 1.29 is 44.7 Å². The first-order valence-electron chi connectivity index (χ1n) is 12.8. The van der Waals surface area contributed by atoms with Crippen LogP contribution < -0.4 is 9.44 Å². The minimum absolute atomic E-state index is 0.120. The third-order valence-corrected chi connectivity index (χ3v) is 10.2. The largest absolute Gasteiger partial charge is 0.490 e. The van der Waals surface area contributed by atoms with Crippen LogP contribution in [0.4, 0.5) is 13.2 Å². The maximum atomic E-state index is 13.5. The smallest absolute Gasteiger partial charge is 0.475 e. The molecule has 3 heterocycles. The van der Waals surface area contributed by atoms with E-state index < -0.39 is 49.4 Å². The van der Waals surface area contributed by atoms with Gasteiger partial charge in [-0.2, -0.15) is 18.3 Å². The van der Waals surface area contributed by atoms with Crippen molar-refractivity contribution in [1.29, 1.82) is 0 Å². The molecule has 44 heavy (non-hydrogen) atoms. The maximum Gasteiger partial charge on any atom is 0.490 e. The second-order valence-electron chi connectivity index (χ2n) is 9.95. The highest BCUT2D eigenvalue weighted by molar-refractivity contribution is 7.90. The average molecular weight is 657 g/mol. The number of benzene rings is 2. The molecule has 1 fully saturated rings. The summed E-state index contributed by atoms with van der Waals surface area (Å²) in [6.45, 7) is 3.34. The van der Waals surface area contributed by atoms with Crippen LogP contribution in [0.25, 0.3) is 11.0 Å². The van der Waals surface area contributed by atoms with Gasteiger partial charge in [-0.25, -0.2) is 31.3 Å². The highest BCUT2D eigenvalue weighted by Crippen LogP contribution is 2.31. The van der Waals surface area contributed by atoms with Crippen LogP contribution in [0.5, 0.6) is 0 Å². The van der Waals surface area contributed by atoms with Crippen molar-refractivity contribution in [2.75, 3.05) is 0 Å². The first-order valence-corrected chi connectivity index (χ1v) is 15.8. The molecule has 2 aromatic heterocycles. The van der Waals surface area contributed by atoms with Crippen molar-refractivity contribution in [2.45, 2.75) is 49.1 Å². The molecule has 5 rings (SSSR count). The molecule has 13 nitrogen and oxygen atoms in total. The van der Waals surface area contributed by atoms with Crippen LogP contribution in [0.2, 0.25) is 0 Å². The number of carbonyl (C=O) groups excluding carboxylic acids is 1. The summed E-state index contributed by atoms with van der Waals surface area (Å²) >= 11 is 0. The molecule has 0 aliphatic carbocycles. The monoisotopic (exact) mass is 656 g/mol. The topological polar surface area (TPSA) is 193 Å². The van der Waals surface area contributed by atoms with E-state index in [0.29, 0.717) is 28.3 Å². The molecular weight excluding hydrogens is 629 g/mol. The summed E-state index contributed by atoms with van der Waals surface area (Å²) in [7, 11) is -6.04. The standard InChI is InChI=1S/C24H26N6O5S2.C2HF3O2/c1-14-23(15(2)30(3)27-14)37(34,35)28-20(24-25-18-6-4-5-7-19(18)26-24)12-16-8-10-17(11-9-16)21-13-22(31)29-36(21,32)33;3-2(4,5)1(6)7/h4-11,20-21,28H,12-13H2,1-3H3,(H,25,26)(H,29,31);(H,6,7)/t20-,21?;/m0./s1. The van der Waals surface area contributed by atoms with Gasteiger partial charge in [0, 0.05) is 7.05 Å². The molecule has 0 spiro atoms. The first-order chi connectivity index (χ1) is 20.4. The van der Waals surface area contributed by atoms with Gasteiger partial charge in [-0.1, -0.05) is 36.4 Å². The Bertz CT molecular complexity index is 1900. The first kappa shape index (κ1) is 32.6. The number of nitrogens with zero attached hydrogens (tertiary/aromatic N) is 3. The molecule has 1 aliphatic heterocycles. The summed E-state index contributed by atoms with van der Waals surface area (Å²) < 4.78 is 89.5. The number of hydrogen-bond donors (Lipinski definition) is 4. The van der Waals surface area contributed by atoms with E-state index in [1.54, 1.807) is 45.2 Å². The number of sulfonamides is 2. The minimum atomic E-state index is -5.08. The highest BCUT2D eigenvalue weighted by Gasteiger charge is 2.39. The van der Waals surface area contributed by atoms with Gasteiger partial charge in [0.05, 0.1) is 34.9 Å². The second-order valence-corrected chi connectivity index (χ2v) is 13.5. The van der Waals surface area contributed by atoms with Crippen LogP contribution in [0.15, 0.2) is 53.4 Å². The third kappa shape index (κ3) is 7.08. The molecule has 236 valence electrons. The molecule has 1 amide bonds. The molecule has 18 heteroatoms. The van der Waals surface area contributed by atoms with E-state index in [9.17, 15) is 34.8 Å². The van der Waals surface area contributed by atoms with Crippen molar-refractivity contribution in [3.8, 4) is 0 Å². The Labute approximate surface area is 249 Å². The zero-order chi connectivity index (χ0) is 32.6. The van der Waals surface area contributed by atoms with Gasteiger partial charge in [-0.3, -0.25) is 14.2 Å². The van der Waals surface area contributed by atoms with E-state index >= 15 is 0 Å². The summed E-state index contributed by atoms with van der Waals surface area (Å²) in [5.74, 6) is -2.84. The number of H-pyrrole nitrogens is 1. The van der Waals surface area contributed by atoms with Gasteiger partial charge in [0.15, 0.2) is 0 Å². The van der Waals surface area contributed by atoms with E-state index in [2.05, 4.69) is 19.8 Å². The number of carboxylic acid groups (broad SMARTS) is 1. The van der Waals surface area contributed by atoms with Gasteiger partial charge in [0.25, 0.3) is 0 Å². The summed E-state index contributed by atoms with van der Waals surface area (Å²) in [4.78, 5) is 28.5. The Hall–Kier alpha value is -4.29. The van der Waals surface area contributed by atoms with Gasteiger partial charge in [0.2, 0.25) is 26.0 Å². The minimum Gasteiger partial charge on any atom is -0.475 e. The number of aromatic amines is 1. The van der Waals surface area contributed by atoms with Crippen molar-refractivity contribution in [3.63, 3.8) is 0 Å². The lowest BCUT2D eigenvalue weighted by Crippen LogP contribution is -2.31. The zero-order valence-corrected chi connectivity index (χ0v) is 25.0. The van der Waals surface area contributed by atoms with Crippen LogP contribution >= 0.6 is 0 Å². The summed E-state index contributed by atoms with van der Waals surface area (Å²) in [6.07, 6.45) is -4.97. The average Bonchev–Trinajstić information content (AvgIpc) is 3.55. The highest BCUT2D eigenvalue weighted by atomic mass is 32.2. The number of amides is 1. The SMILES string of the molecule is Cc1nn(C)c(C)c1S(=O)(=O)N[C@@H](Cc1ccc(C2CC(=O)NS2(=O)=O)cc1)c1nc2ccccc2[nH]1.O=C(O)C(F)(F)F. The molecule has 1 aliphatic rings. The number of nitrogens with one attached hydrogen (secondary N) is 3. The number of aliphatic carboxylic acids is 1. The molecule has 1 saturated heterocycles. The fraction of sp³-hybridized carbons (Fsp3) is 0.308. The van der Waals surface area contributed by atoms with E-state index in [1.165, 1.54) is 4.68 Å². The molecule has 0 radical (unpaired) electrons. The van der Waals surface area contributed by atoms with E-state index in [1.807, 2.05) is 29.0 Å².